The summed E-state index contributed by atoms with van der Waals surface area (Å²) in [5.41, 5.74) is 6.28. The molecule has 0 bridgehead atoms. The Hall–Kier alpha value is -0.440. The van der Waals surface area contributed by atoms with Crippen LogP contribution in [-0.2, 0) is 4.79 Å². The minimum Gasteiger partial charge on any atom is -0.478 e. The van der Waals surface area contributed by atoms with Gasteiger partial charge in [0.05, 0.1) is 0 Å². The van der Waals surface area contributed by atoms with E-state index < -0.39 is 14.1 Å². The first kappa shape index (κ1) is 15.6. The summed E-state index contributed by atoms with van der Waals surface area (Å²) in [5, 5.41) is 8.92. The van der Waals surface area contributed by atoms with Crippen LogP contribution in [0.25, 0.3) is 0 Å². The summed E-state index contributed by atoms with van der Waals surface area (Å²) in [6.07, 6.45) is 8.81. The summed E-state index contributed by atoms with van der Waals surface area (Å²) < 4.78 is 0. The predicted molar refractivity (Wildman–Crippen MR) is 74.6 cm³/mol. The van der Waals surface area contributed by atoms with E-state index in [1.54, 1.807) is 13.0 Å². The van der Waals surface area contributed by atoms with E-state index in [1.165, 1.54) is 32.1 Å². The number of nitrogens with two attached hydrogens (primary N) is 1. The molecule has 2 unspecified atom stereocenters. The van der Waals surface area contributed by atoms with E-state index in [9.17, 15) is 9.69 Å². The lowest BCUT2D eigenvalue weighted by Gasteiger charge is -2.27. The molecule has 0 heterocycles. The monoisotopic (exact) mass is 273 g/mol. The highest BCUT2D eigenvalue weighted by molar-refractivity contribution is 7.52. The molecule has 0 radical (unpaired) electrons. The minimum absolute atomic E-state index is 0.203. The average molecular weight is 273 g/mol. The maximum absolute atomic E-state index is 10.9. The van der Waals surface area contributed by atoms with Crippen LogP contribution in [0.15, 0.2) is 11.6 Å². The summed E-state index contributed by atoms with van der Waals surface area (Å²) in [4.78, 5) is 20.9. The normalized spacial score (nSPS) is 21.6. The number of allylic oxidation sites excluding steroid dienone is 1. The van der Waals surface area contributed by atoms with Crippen LogP contribution in [0.3, 0.4) is 0 Å². The van der Waals surface area contributed by atoms with E-state index >= 15 is 0 Å². The molecule has 0 aromatic carbocycles. The second-order valence-corrected chi connectivity index (χ2v) is 6.88. The van der Waals surface area contributed by atoms with Crippen molar-refractivity contribution in [3.63, 3.8) is 0 Å². The Morgan fingerprint density at radius 2 is 2.06 bits per heavy atom. The molecule has 5 heteroatoms. The van der Waals surface area contributed by atoms with Crippen molar-refractivity contribution in [1.82, 2.24) is 0 Å². The Morgan fingerprint density at radius 1 is 1.44 bits per heavy atom. The molecule has 1 aliphatic carbocycles. The van der Waals surface area contributed by atoms with Crippen LogP contribution >= 0.6 is 8.15 Å². The average Bonchev–Trinajstić information content (AvgIpc) is 2.36. The first-order valence-electron chi connectivity index (χ1n) is 6.64. The fraction of sp³-hybridized carbons (Fsp3) is 0.769. The second-order valence-electron chi connectivity index (χ2n) is 5.02. The lowest BCUT2D eigenvalue weighted by molar-refractivity contribution is -0.132. The van der Waals surface area contributed by atoms with Crippen LogP contribution < -0.4 is 5.73 Å². The second kappa shape index (κ2) is 7.88. The van der Waals surface area contributed by atoms with Gasteiger partial charge in [-0.15, -0.1) is 0 Å². The first-order valence-corrected chi connectivity index (χ1v) is 8.19. The number of carbonyl (C=O) groups is 1. The summed E-state index contributed by atoms with van der Waals surface area (Å²) in [6.45, 7) is 1.68. The Balaban J connectivity index is 2.40. The van der Waals surface area contributed by atoms with Gasteiger partial charge in [0, 0.05) is 25.7 Å². The molecule has 1 fully saturated rings. The van der Waals surface area contributed by atoms with Crippen molar-refractivity contribution in [2.45, 2.75) is 51.2 Å². The van der Waals surface area contributed by atoms with Gasteiger partial charge in [-0.1, -0.05) is 38.2 Å². The lowest BCUT2D eigenvalue weighted by Crippen LogP contribution is -2.24. The van der Waals surface area contributed by atoms with Crippen LogP contribution in [0.1, 0.15) is 45.4 Å². The van der Waals surface area contributed by atoms with Crippen molar-refractivity contribution in [3.05, 3.63) is 11.6 Å². The van der Waals surface area contributed by atoms with Gasteiger partial charge >= 0.3 is 5.97 Å². The molecule has 104 valence electrons. The van der Waals surface area contributed by atoms with Gasteiger partial charge in [-0.2, -0.15) is 0 Å². The highest BCUT2D eigenvalue weighted by Gasteiger charge is 2.23. The molecule has 4 N–H and O–H groups in total. The third-order valence-electron chi connectivity index (χ3n) is 3.64. The molecule has 0 saturated heterocycles. The molecule has 4 nitrogen and oxygen atoms in total. The third kappa shape index (κ3) is 5.05. The Bertz CT molecular complexity index is 301. The molecule has 1 saturated carbocycles. The van der Waals surface area contributed by atoms with Gasteiger partial charge in [0.15, 0.2) is 0 Å². The van der Waals surface area contributed by atoms with E-state index in [2.05, 4.69) is 0 Å². The van der Waals surface area contributed by atoms with E-state index in [0.29, 0.717) is 5.92 Å². The van der Waals surface area contributed by atoms with Gasteiger partial charge in [-0.05, 0) is 19.3 Å². The number of hydrogen-bond donors (Lipinski definition) is 3. The molecule has 2 atom stereocenters. The summed E-state index contributed by atoms with van der Waals surface area (Å²) in [5.74, 6) is -0.592. The molecular weight excluding hydrogens is 249 g/mol. The maximum Gasteiger partial charge on any atom is 0.331 e. The molecule has 0 amide bonds. The van der Waals surface area contributed by atoms with Crippen molar-refractivity contribution in [2.75, 3.05) is 6.16 Å². The summed E-state index contributed by atoms with van der Waals surface area (Å²) in [6, 6.07) is 0. The molecular formula is C13H24NO3P. The number of carboxylic acid groups (broad SMARTS) is 1. The maximum atomic E-state index is 10.9. The predicted octanol–water partition coefficient (Wildman–Crippen LogP) is 2.66. The molecule has 18 heavy (non-hydrogen) atoms. The molecule has 1 aliphatic rings. The summed E-state index contributed by atoms with van der Waals surface area (Å²) >= 11 is 0. The smallest absolute Gasteiger partial charge is 0.331 e. The van der Waals surface area contributed by atoms with E-state index in [-0.39, 0.29) is 17.5 Å². The van der Waals surface area contributed by atoms with Gasteiger partial charge in [0.1, 0.15) is 0 Å². The largest absolute Gasteiger partial charge is 0.478 e. The fourth-order valence-electron chi connectivity index (χ4n) is 2.46. The van der Waals surface area contributed by atoms with Gasteiger partial charge in [-0.25, -0.2) is 4.79 Å². The highest BCUT2D eigenvalue weighted by atomic mass is 31.1. The van der Waals surface area contributed by atoms with Crippen LogP contribution in [0, 0.1) is 5.92 Å². The quantitative estimate of drug-likeness (QED) is 0.513. The van der Waals surface area contributed by atoms with Gasteiger partial charge < -0.3 is 15.7 Å². The zero-order valence-corrected chi connectivity index (χ0v) is 11.9. The van der Waals surface area contributed by atoms with E-state index in [0.717, 1.165) is 6.42 Å². The van der Waals surface area contributed by atoms with Crippen molar-refractivity contribution >= 4 is 14.1 Å². The number of aliphatic carboxylic acids is 1. The van der Waals surface area contributed by atoms with Crippen molar-refractivity contribution < 1.29 is 14.8 Å². The lowest BCUT2D eigenvalue weighted by atomic mass is 9.87. The Kier molecular flexibility index (Phi) is 6.83. The van der Waals surface area contributed by atoms with Crippen LogP contribution in [0.2, 0.25) is 0 Å². The Labute approximate surface area is 110 Å². The highest BCUT2D eigenvalue weighted by Crippen LogP contribution is 2.40. The fourth-order valence-corrected chi connectivity index (χ4v) is 3.90. The molecule has 0 spiro atoms. The van der Waals surface area contributed by atoms with Crippen molar-refractivity contribution in [2.24, 2.45) is 11.7 Å². The molecule has 1 rings (SSSR count). The number of hydrogen-bond acceptors (Lipinski definition) is 3. The van der Waals surface area contributed by atoms with Gasteiger partial charge in [0.2, 0.25) is 0 Å². The molecule has 0 aliphatic heterocycles. The topological polar surface area (TPSA) is 83.5 Å². The van der Waals surface area contributed by atoms with Crippen LogP contribution in [0.4, 0.5) is 0 Å². The molecule has 0 aromatic rings. The van der Waals surface area contributed by atoms with E-state index in [1.807, 2.05) is 0 Å². The van der Waals surface area contributed by atoms with Crippen LogP contribution in [-0.4, -0.2) is 27.9 Å². The van der Waals surface area contributed by atoms with Crippen molar-refractivity contribution in [1.29, 1.82) is 0 Å². The third-order valence-corrected chi connectivity index (χ3v) is 5.28. The zero-order valence-electron chi connectivity index (χ0n) is 11.0. The first-order chi connectivity index (χ1) is 8.54. The number of carboxylic acids is 1. The molecule has 0 aromatic heterocycles. The summed E-state index contributed by atoms with van der Waals surface area (Å²) in [7, 11) is -1.42. The zero-order chi connectivity index (χ0) is 13.5. The Morgan fingerprint density at radius 3 is 2.56 bits per heavy atom. The number of rotatable bonds is 6. The van der Waals surface area contributed by atoms with Gasteiger partial charge in [-0.3, -0.25) is 0 Å². The SMILES string of the molecule is C/C=C(/CP(O)C(N)CC1CCCCC1)C(=O)O. The van der Waals surface area contributed by atoms with Gasteiger partial charge in [0.25, 0.3) is 0 Å². The van der Waals surface area contributed by atoms with E-state index in [4.69, 9.17) is 10.8 Å². The van der Waals surface area contributed by atoms with Crippen molar-refractivity contribution in [3.8, 4) is 0 Å². The van der Waals surface area contributed by atoms with Crippen LogP contribution in [0.5, 0.6) is 0 Å². The minimum atomic E-state index is -1.42. The standard InChI is InChI=1S/C13H24NO3P/c1-2-11(13(15)16)9-18(17)12(14)8-10-6-4-3-5-7-10/h2,10,12,17H,3-9,14H2,1H3,(H,15,16)/b11-2-.